The van der Waals surface area contributed by atoms with Crippen LogP contribution < -0.4 is 14.2 Å². The molecule has 0 aromatic heterocycles. The van der Waals surface area contributed by atoms with Gasteiger partial charge < -0.3 is 18.9 Å². The zero-order chi connectivity index (χ0) is 19.0. The molecule has 0 amide bonds. The Hall–Kier alpha value is -2.20. The van der Waals surface area contributed by atoms with Crippen LogP contribution in [0.1, 0.15) is 31.9 Å². The Kier molecular flexibility index (Phi) is 7.34. The molecule has 0 unspecified atom stereocenters. The number of benzene rings is 2. The predicted octanol–water partition coefficient (Wildman–Crippen LogP) is 4.78. The van der Waals surface area contributed by atoms with E-state index in [1.54, 1.807) is 7.11 Å². The molecule has 0 saturated heterocycles. The van der Waals surface area contributed by atoms with Gasteiger partial charge in [0, 0.05) is 0 Å². The van der Waals surface area contributed by atoms with Crippen molar-refractivity contribution >= 4 is 0 Å². The molecule has 0 fully saturated rings. The molecule has 0 heterocycles. The number of hydrogen-bond acceptors (Lipinski definition) is 4. The third-order valence-corrected chi connectivity index (χ3v) is 4.02. The molecule has 0 spiro atoms. The summed E-state index contributed by atoms with van der Waals surface area (Å²) >= 11 is 0. The Morgan fingerprint density at radius 1 is 0.769 bits per heavy atom. The maximum Gasteiger partial charge on any atom is 0.161 e. The van der Waals surface area contributed by atoms with Gasteiger partial charge in [0.25, 0.3) is 0 Å². The number of methoxy groups -OCH3 is 1. The van der Waals surface area contributed by atoms with Crippen molar-refractivity contribution in [3.8, 4) is 17.2 Å². The van der Waals surface area contributed by atoms with Crippen LogP contribution in [0.15, 0.2) is 42.5 Å². The van der Waals surface area contributed by atoms with Gasteiger partial charge in [-0.15, -0.1) is 0 Å². The van der Waals surface area contributed by atoms with E-state index in [-0.39, 0.29) is 5.41 Å². The molecule has 0 aliphatic heterocycles. The van der Waals surface area contributed by atoms with Gasteiger partial charge in [0.2, 0.25) is 0 Å². The van der Waals surface area contributed by atoms with E-state index in [4.69, 9.17) is 18.9 Å². The van der Waals surface area contributed by atoms with Crippen molar-refractivity contribution in [2.75, 3.05) is 33.5 Å². The molecule has 0 N–H and O–H groups in total. The minimum Gasteiger partial charge on any atom is -0.493 e. The second kappa shape index (κ2) is 9.48. The van der Waals surface area contributed by atoms with Crippen molar-refractivity contribution < 1.29 is 18.9 Å². The molecule has 26 heavy (non-hydrogen) atoms. The Morgan fingerprint density at radius 2 is 1.42 bits per heavy atom. The highest BCUT2D eigenvalue weighted by Gasteiger charge is 2.12. The Bertz CT molecular complexity index is 672. The van der Waals surface area contributed by atoms with Crippen molar-refractivity contribution in [3.63, 3.8) is 0 Å². The van der Waals surface area contributed by atoms with Crippen LogP contribution in [0.3, 0.4) is 0 Å². The van der Waals surface area contributed by atoms with E-state index in [1.165, 1.54) is 5.56 Å². The smallest absolute Gasteiger partial charge is 0.161 e. The fourth-order valence-electron chi connectivity index (χ4n) is 2.48. The highest BCUT2D eigenvalue weighted by molar-refractivity contribution is 5.42. The summed E-state index contributed by atoms with van der Waals surface area (Å²) in [5.74, 6) is 2.34. The molecule has 142 valence electrons. The lowest BCUT2D eigenvalue weighted by Crippen LogP contribution is -2.13. The van der Waals surface area contributed by atoms with Crippen LogP contribution in [0.2, 0.25) is 0 Å². The van der Waals surface area contributed by atoms with E-state index in [2.05, 4.69) is 32.9 Å². The van der Waals surface area contributed by atoms with Crippen molar-refractivity contribution in [3.05, 3.63) is 53.6 Å². The van der Waals surface area contributed by atoms with Gasteiger partial charge in [0.15, 0.2) is 11.5 Å². The fourth-order valence-corrected chi connectivity index (χ4v) is 2.48. The minimum atomic E-state index is 0.155. The summed E-state index contributed by atoms with van der Waals surface area (Å²) in [6, 6.07) is 14.1. The summed E-state index contributed by atoms with van der Waals surface area (Å²) in [7, 11) is 1.64. The molecule has 0 atom stereocenters. The monoisotopic (exact) mass is 358 g/mol. The van der Waals surface area contributed by atoms with E-state index >= 15 is 0 Å². The third kappa shape index (κ3) is 6.26. The van der Waals surface area contributed by atoms with Crippen LogP contribution in [0.25, 0.3) is 0 Å². The van der Waals surface area contributed by atoms with Gasteiger partial charge in [-0.3, -0.25) is 0 Å². The minimum absolute atomic E-state index is 0.155. The lowest BCUT2D eigenvalue weighted by molar-refractivity contribution is 0.0757. The highest BCUT2D eigenvalue weighted by atomic mass is 16.6. The van der Waals surface area contributed by atoms with Crippen molar-refractivity contribution in [2.24, 2.45) is 0 Å². The van der Waals surface area contributed by atoms with Crippen LogP contribution in [-0.4, -0.2) is 33.5 Å². The number of aryl methyl sites for hydroxylation is 1. The molecule has 2 aromatic rings. The molecule has 0 radical (unpaired) electrons. The van der Waals surface area contributed by atoms with Crippen molar-refractivity contribution in [2.45, 2.75) is 33.1 Å². The molecule has 0 bridgehead atoms. The summed E-state index contributed by atoms with van der Waals surface area (Å²) < 4.78 is 22.3. The standard InChI is InChI=1S/C22H30O4/c1-17-6-11-20(21(16-17)23-5)26-15-13-24-12-14-25-19-9-7-18(8-10-19)22(2,3)4/h6-11,16H,12-15H2,1-5H3. The van der Waals surface area contributed by atoms with E-state index in [0.29, 0.717) is 26.4 Å². The van der Waals surface area contributed by atoms with Gasteiger partial charge in [0.05, 0.1) is 20.3 Å². The van der Waals surface area contributed by atoms with Crippen molar-refractivity contribution in [1.82, 2.24) is 0 Å². The summed E-state index contributed by atoms with van der Waals surface area (Å²) in [4.78, 5) is 0. The molecule has 2 rings (SSSR count). The molecule has 4 nitrogen and oxygen atoms in total. The van der Waals surface area contributed by atoms with Gasteiger partial charge in [-0.1, -0.05) is 39.0 Å². The first-order chi connectivity index (χ1) is 12.4. The van der Waals surface area contributed by atoms with E-state index in [0.717, 1.165) is 22.8 Å². The quantitative estimate of drug-likeness (QED) is 0.605. The van der Waals surface area contributed by atoms with E-state index in [1.807, 2.05) is 37.3 Å². The van der Waals surface area contributed by atoms with Gasteiger partial charge in [0.1, 0.15) is 19.0 Å². The second-order valence-electron chi connectivity index (χ2n) is 7.24. The largest absolute Gasteiger partial charge is 0.493 e. The predicted molar refractivity (Wildman–Crippen MR) is 105 cm³/mol. The molecule has 0 saturated carbocycles. The van der Waals surface area contributed by atoms with Gasteiger partial charge >= 0.3 is 0 Å². The summed E-state index contributed by atoms with van der Waals surface area (Å²) in [6.45, 7) is 10.6. The Morgan fingerprint density at radius 3 is 2.04 bits per heavy atom. The van der Waals surface area contributed by atoms with Gasteiger partial charge in [-0.25, -0.2) is 0 Å². The van der Waals surface area contributed by atoms with E-state index < -0.39 is 0 Å². The number of rotatable bonds is 9. The zero-order valence-electron chi connectivity index (χ0n) is 16.5. The Balaban J connectivity index is 1.62. The zero-order valence-corrected chi connectivity index (χ0v) is 16.5. The molecular weight excluding hydrogens is 328 g/mol. The van der Waals surface area contributed by atoms with Crippen LogP contribution in [0.4, 0.5) is 0 Å². The van der Waals surface area contributed by atoms with Gasteiger partial charge in [-0.2, -0.15) is 0 Å². The summed E-state index contributed by atoms with van der Waals surface area (Å²) in [5, 5.41) is 0. The maximum atomic E-state index is 5.70. The average Bonchev–Trinajstić information content (AvgIpc) is 2.61. The molecule has 4 heteroatoms. The molecular formula is C22H30O4. The van der Waals surface area contributed by atoms with Crippen LogP contribution in [0, 0.1) is 6.92 Å². The average molecular weight is 358 g/mol. The van der Waals surface area contributed by atoms with Crippen LogP contribution >= 0.6 is 0 Å². The second-order valence-corrected chi connectivity index (χ2v) is 7.24. The lowest BCUT2D eigenvalue weighted by Gasteiger charge is -2.19. The topological polar surface area (TPSA) is 36.9 Å². The lowest BCUT2D eigenvalue weighted by atomic mass is 9.87. The van der Waals surface area contributed by atoms with E-state index in [9.17, 15) is 0 Å². The highest BCUT2D eigenvalue weighted by Crippen LogP contribution is 2.27. The third-order valence-electron chi connectivity index (χ3n) is 4.02. The van der Waals surface area contributed by atoms with Crippen molar-refractivity contribution in [1.29, 1.82) is 0 Å². The molecule has 2 aromatic carbocycles. The number of ether oxygens (including phenoxy) is 4. The first-order valence-electron chi connectivity index (χ1n) is 8.98. The SMILES string of the molecule is COc1cc(C)ccc1OCCOCCOc1ccc(C(C)(C)C)cc1. The summed E-state index contributed by atoms with van der Waals surface area (Å²) in [6.07, 6.45) is 0. The number of hydrogen-bond donors (Lipinski definition) is 0. The molecule has 0 aliphatic carbocycles. The van der Waals surface area contributed by atoms with Crippen LogP contribution in [0.5, 0.6) is 17.2 Å². The first-order valence-corrected chi connectivity index (χ1v) is 8.98. The van der Waals surface area contributed by atoms with Gasteiger partial charge in [-0.05, 0) is 47.7 Å². The maximum absolute atomic E-state index is 5.70. The van der Waals surface area contributed by atoms with Crippen LogP contribution in [-0.2, 0) is 10.2 Å². The Labute approximate surface area is 157 Å². The first kappa shape index (κ1) is 20.1. The fraction of sp³-hybridized carbons (Fsp3) is 0.455. The molecule has 0 aliphatic rings. The normalized spacial score (nSPS) is 11.3. The summed E-state index contributed by atoms with van der Waals surface area (Å²) in [5.41, 5.74) is 2.59.